The van der Waals surface area contributed by atoms with Crippen LogP contribution in [0.2, 0.25) is 5.02 Å². The second kappa shape index (κ2) is 10.3. The Balaban J connectivity index is 1.73. The number of aliphatic hydroxyl groups excluding tert-OH is 2. The van der Waals surface area contributed by atoms with E-state index < -0.39 is 6.10 Å². The Kier molecular flexibility index (Phi) is 7.54. The van der Waals surface area contributed by atoms with Gasteiger partial charge in [0, 0.05) is 53.1 Å². The molecule has 1 fully saturated rings. The van der Waals surface area contributed by atoms with Gasteiger partial charge in [0.05, 0.1) is 18.5 Å². The quantitative estimate of drug-likeness (QED) is 0.362. The van der Waals surface area contributed by atoms with Gasteiger partial charge in [0.25, 0.3) is 0 Å². The third kappa shape index (κ3) is 4.97. The molecule has 1 aliphatic rings. The summed E-state index contributed by atoms with van der Waals surface area (Å²) in [5.41, 5.74) is 3.05. The van der Waals surface area contributed by atoms with Gasteiger partial charge in [-0.3, -0.25) is 0 Å². The standard InChI is InChI=1S/C24H31Cl2N5O3/c1-15(2)20-9-28-31-22(30-12-24(11-25,13-30)14-32)7-21(29-23(20)31)16-4-17(26)6-19(5-16)34-10-18(33)8-27-3/h4-7,9,15,18,27,32-33H,8,10-14H2,1-3H3. The molecule has 3 heterocycles. The molecule has 1 aromatic carbocycles. The molecule has 8 nitrogen and oxygen atoms in total. The Hall–Kier alpha value is -2.10. The average molecular weight is 508 g/mol. The normalized spacial score (nSPS) is 16.2. The number of benzene rings is 1. The van der Waals surface area contributed by atoms with E-state index in [-0.39, 0.29) is 24.5 Å². The second-order valence-corrected chi connectivity index (χ2v) is 10.0. The van der Waals surface area contributed by atoms with Crippen LogP contribution in [0.3, 0.4) is 0 Å². The predicted octanol–water partition coefficient (Wildman–Crippen LogP) is 3.17. The van der Waals surface area contributed by atoms with Crippen molar-refractivity contribution < 1.29 is 14.9 Å². The van der Waals surface area contributed by atoms with Crippen molar-refractivity contribution in [3.8, 4) is 17.0 Å². The molecule has 2 aromatic heterocycles. The summed E-state index contributed by atoms with van der Waals surface area (Å²) in [5, 5.41) is 27.8. The molecule has 4 rings (SSSR count). The highest BCUT2D eigenvalue weighted by atomic mass is 35.5. The molecule has 0 saturated carbocycles. The molecular weight excluding hydrogens is 477 g/mol. The summed E-state index contributed by atoms with van der Waals surface area (Å²) in [5.74, 6) is 2.08. The number of likely N-dealkylation sites (N-methyl/N-ethyl adjacent to an activating group) is 1. The minimum absolute atomic E-state index is 0.0405. The molecule has 184 valence electrons. The summed E-state index contributed by atoms with van der Waals surface area (Å²) in [4.78, 5) is 7.09. The highest BCUT2D eigenvalue weighted by Gasteiger charge is 2.43. The van der Waals surface area contributed by atoms with Crippen LogP contribution in [-0.2, 0) is 0 Å². The number of anilines is 1. The zero-order valence-corrected chi connectivity index (χ0v) is 21.1. The lowest BCUT2D eigenvalue weighted by Crippen LogP contribution is -2.60. The topological polar surface area (TPSA) is 95.1 Å². The lowest BCUT2D eigenvalue weighted by atomic mass is 9.82. The molecule has 10 heteroatoms. The molecule has 34 heavy (non-hydrogen) atoms. The first-order valence-electron chi connectivity index (χ1n) is 11.4. The van der Waals surface area contributed by atoms with Gasteiger partial charge in [-0.05, 0) is 31.2 Å². The van der Waals surface area contributed by atoms with Crippen LogP contribution in [0.15, 0.2) is 30.5 Å². The Morgan fingerprint density at radius 1 is 1.24 bits per heavy atom. The van der Waals surface area contributed by atoms with Crippen molar-refractivity contribution in [2.45, 2.75) is 25.9 Å². The summed E-state index contributed by atoms with van der Waals surface area (Å²) in [6.07, 6.45) is 1.23. The van der Waals surface area contributed by atoms with E-state index in [0.29, 0.717) is 36.3 Å². The van der Waals surface area contributed by atoms with Crippen LogP contribution in [0.1, 0.15) is 25.3 Å². The largest absolute Gasteiger partial charge is 0.491 e. The second-order valence-electron chi connectivity index (χ2n) is 9.34. The molecule has 0 spiro atoms. The molecule has 1 atom stereocenters. The van der Waals surface area contributed by atoms with E-state index in [0.717, 1.165) is 28.3 Å². The Morgan fingerprint density at radius 2 is 2.00 bits per heavy atom. The lowest BCUT2D eigenvalue weighted by Gasteiger charge is -2.49. The number of rotatable bonds is 10. The fraction of sp³-hybridized carbons (Fsp3) is 0.500. The fourth-order valence-corrected chi connectivity index (χ4v) is 4.66. The average Bonchev–Trinajstić information content (AvgIpc) is 3.22. The number of aliphatic hydroxyl groups is 2. The number of halogens is 2. The van der Waals surface area contributed by atoms with Crippen LogP contribution in [0, 0.1) is 5.41 Å². The number of ether oxygens (including phenoxy) is 1. The van der Waals surface area contributed by atoms with Gasteiger partial charge in [0.2, 0.25) is 0 Å². The van der Waals surface area contributed by atoms with Crippen LogP contribution in [0.25, 0.3) is 16.9 Å². The Morgan fingerprint density at radius 3 is 2.65 bits per heavy atom. The summed E-state index contributed by atoms with van der Waals surface area (Å²) >= 11 is 12.6. The van der Waals surface area contributed by atoms with Gasteiger partial charge in [0.1, 0.15) is 24.3 Å². The molecule has 3 N–H and O–H groups in total. The first-order valence-corrected chi connectivity index (χ1v) is 12.3. The maximum atomic E-state index is 9.98. The van der Waals surface area contributed by atoms with Gasteiger partial charge in [-0.1, -0.05) is 25.4 Å². The van der Waals surface area contributed by atoms with Crippen molar-refractivity contribution >= 4 is 34.7 Å². The predicted molar refractivity (Wildman–Crippen MR) is 135 cm³/mol. The zero-order valence-electron chi connectivity index (χ0n) is 19.6. The van der Waals surface area contributed by atoms with Crippen molar-refractivity contribution in [3.05, 3.63) is 41.0 Å². The zero-order chi connectivity index (χ0) is 24.5. The summed E-state index contributed by atoms with van der Waals surface area (Å²) < 4.78 is 7.64. The molecule has 1 unspecified atom stereocenters. The number of aromatic nitrogens is 3. The van der Waals surface area contributed by atoms with Gasteiger partial charge in [-0.2, -0.15) is 9.61 Å². The van der Waals surface area contributed by atoms with E-state index in [4.69, 9.17) is 32.9 Å². The number of nitrogens with one attached hydrogen (secondary N) is 1. The molecule has 0 bridgehead atoms. The first-order chi connectivity index (χ1) is 16.3. The van der Waals surface area contributed by atoms with Crippen LogP contribution < -0.4 is 15.0 Å². The van der Waals surface area contributed by atoms with E-state index in [1.807, 2.05) is 28.9 Å². The number of hydrogen-bond acceptors (Lipinski definition) is 7. The summed E-state index contributed by atoms with van der Waals surface area (Å²) in [6, 6.07) is 7.42. The van der Waals surface area contributed by atoms with E-state index in [1.165, 1.54) is 0 Å². The fourth-order valence-electron chi connectivity index (χ4n) is 4.18. The smallest absolute Gasteiger partial charge is 0.161 e. The van der Waals surface area contributed by atoms with Crippen LogP contribution >= 0.6 is 23.2 Å². The van der Waals surface area contributed by atoms with Crippen LogP contribution in [0.5, 0.6) is 5.75 Å². The van der Waals surface area contributed by atoms with E-state index in [1.54, 1.807) is 13.1 Å². The number of fused-ring (bicyclic) bond motifs is 1. The Labute approximate surface area is 209 Å². The van der Waals surface area contributed by atoms with Crippen molar-refractivity contribution in [3.63, 3.8) is 0 Å². The van der Waals surface area contributed by atoms with Gasteiger partial charge < -0.3 is 25.2 Å². The number of alkyl halides is 1. The minimum Gasteiger partial charge on any atom is -0.491 e. The molecule has 0 aliphatic carbocycles. The van der Waals surface area contributed by atoms with Gasteiger partial charge in [-0.25, -0.2) is 4.98 Å². The Bertz CT molecular complexity index is 1140. The molecule has 1 aliphatic heterocycles. The highest BCUT2D eigenvalue weighted by Crippen LogP contribution is 2.38. The van der Waals surface area contributed by atoms with Gasteiger partial charge in [0.15, 0.2) is 5.65 Å². The van der Waals surface area contributed by atoms with E-state index in [2.05, 4.69) is 29.2 Å². The third-order valence-corrected chi connectivity index (χ3v) is 6.93. The van der Waals surface area contributed by atoms with Crippen LogP contribution in [0.4, 0.5) is 5.82 Å². The molecule has 1 saturated heterocycles. The summed E-state index contributed by atoms with van der Waals surface area (Å²) in [7, 11) is 1.78. The monoisotopic (exact) mass is 507 g/mol. The van der Waals surface area contributed by atoms with Gasteiger partial charge in [-0.15, -0.1) is 11.6 Å². The third-order valence-electron chi connectivity index (χ3n) is 6.15. The number of nitrogens with zero attached hydrogens (tertiary/aromatic N) is 4. The molecular formula is C24H31Cl2N5O3. The van der Waals surface area contributed by atoms with Crippen molar-refractivity contribution in [2.24, 2.45) is 5.41 Å². The van der Waals surface area contributed by atoms with Crippen molar-refractivity contribution in [1.82, 2.24) is 19.9 Å². The van der Waals surface area contributed by atoms with E-state index >= 15 is 0 Å². The van der Waals surface area contributed by atoms with Gasteiger partial charge >= 0.3 is 0 Å². The molecule has 3 aromatic rings. The van der Waals surface area contributed by atoms with Crippen molar-refractivity contribution in [1.29, 1.82) is 0 Å². The van der Waals surface area contributed by atoms with Crippen LogP contribution in [-0.4, -0.2) is 76.7 Å². The molecule has 0 radical (unpaired) electrons. The SMILES string of the molecule is CNCC(O)COc1cc(Cl)cc(-c2cc(N3CC(CO)(CCl)C3)n3ncc(C(C)C)c3n2)c1. The van der Waals surface area contributed by atoms with Crippen molar-refractivity contribution in [2.75, 3.05) is 50.7 Å². The van der Waals surface area contributed by atoms with E-state index in [9.17, 15) is 10.2 Å². The number of hydrogen-bond donors (Lipinski definition) is 3. The maximum Gasteiger partial charge on any atom is 0.161 e. The maximum absolute atomic E-state index is 9.98. The summed E-state index contributed by atoms with van der Waals surface area (Å²) in [6.45, 7) is 6.11. The minimum atomic E-state index is -0.631. The highest BCUT2D eigenvalue weighted by molar-refractivity contribution is 6.31. The first kappa shape index (κ1) is 25.0. The molecule has 0 amide bonds. The lowest BCUT2D eigenvalue weighted by molar-refractivity contribution is 0.108.